The Morgan fingerprint density at radius 2 is 2.22 bits per heavy atom. The molecule has 18 heavy (non-hydrogen) atoms. The van der Waals surface area contributed by atoms with Gasteiger partial charge in [0, 0.05) is 6.04 Å². The highest BCUT2D eigenvalue weighted by molar-refractivity contribution is 5.90. The number of hydrogen-bond acceptors (Lipinski definition) is 5. The van der Waals surface area contributed by atoms with E-state index >= 15 is 0 Å². The Hall–Kier alpha value is -1.33. The Morgan fingerprint density at radius 1 is 1.56 bits per heavy atom. The zero-order valence-corrected chi connectivity index (χ0v) is 11.3. The van der Waals surface area contributed by atoms with E-state index in [1.807, 2.05) is 13.8 Å². The third kappa shape index (κ3) is 3.58. The van der Waals surface area contributed by atoms with Gasteiger partial charge < -0.3 is 19.6 Å². The number of nitrogens with one attached hydrogen (secondary N) is 1. The highest BCUT2D eigenvalue weighted by Crippen LogP contribution is 2.16. The number of furan rings is 1. The normalized spacial score (nSPS) is 12.8. The van der Waals surface area contributed by atoms with E-state index in [0.717, 1.165) is 0 Å². The maximum absolute atomic E-state index is 11.4. The van der Waals surface area contributed by atoms with Gasteiger partial charge >= 0.3 is 5.97 Å². The zero-order chi connectivity index (χ0) is 13.7. The lowest BCUT2D eigenvalue weighted by Gasteiger charge is -2.18. The molecule has 0 fully saturated rings. The Bertz CT molecular complexity index is 398. The molecule has 5 heteroatoms. The van der Waals surface area contributed by atoms with Crippen LogP contribution in [0.15, 0.2) is 10.5 Å². The fourth-order valence-corrected chi connectivity index (χ4v) is 1.69. The minimum atomic E-state index is -0.398. The van der Waals surface area contributed by atoms with Gasteiger partial charge in [-0.2, -0.15) is 0 Å². The third-order valence-corrected chi connectivity index (χ3v) is 2.91. The molecular formula is C13H21NO4. The number of esters is 1. The van der Waals surface area contributed by atoms with Crippen LogP contribution in [0.2, 0.25) is 0 Å². The number of carbonyl (C=O) groups excluding carboxylic acids is 1. The number of hydrogen-bond donors (Lipinski definition) is 2. The molecule has 0 aromatic carbocycles. The third-order valence-electron chi connectivity index (χ3n) is 2.91. The van der Waals surface area contributed by atoms with E-state index in [-0.39, 0.29) is 12.6 Å². The first kappa shape index (κ1) is 14.7. The average molecular weight is 255 g/mol. The van der Waals surface area contributed by atoms with Gasteiger partial charge in [-0.25, -0.2) is 4.79 Å². The fraction of sp³-hybridized carbons (Fsp3) is 0.615. The van der Waals surface area contributed by atoms with Crippen molar-refractivity contribution in [3.05, 3.63) is 23.2 Å². The monoisotopic (exact) mass is 255 g/mol. The van der Waals surface area contributed by atoms with Gasteiger partial charge in [-0.05, 0) is 18.9 Å². The molecule has 0 spiro atoms. The SMILES string of the molecule is COC(=O)c1cc(CN[C@H](CO)C(C)C)oc1C. The zero-order valence-electron chi connectivity index (χ0n) is 11.3. The van der Waals surface area contributed by atoms with E-state index in [1.165, 1.54) is 7.11 Å². The highest BCUT2D eigenvalue weighted by atomic mass is 16.5. The van der Waals surface area contributed by atoms with Crippen molar-refractivity contribution in [2.24, 2.45) is 5.92 Å². The van der Waals surface area contributed by atoms with E-state index in [9.17, 15) is 9.90 Å². The Kier molecular flexibility index (Phi) is 5.37. The molecule has 102 valence electrons. The Labute approximate surface area is 107 Å². The molecule has 1 atom stereocenters. The molecule has 0 radical (unpaired) electrons. The number of aliphatic hydroxyl groups is 1. The van der Waals surface area contributed by atoms with Crippen LogP contribution >= 0.6 is 0 Å². The minimum Gasteiger partial charge on any atom is -0.465 e. The molecule has 0 saturated carbocycles. The summed E-state index contributed by atoms with van der Waals surface area (Å²) in [4.78, 5) is 11.4. The second kappa shape index (κ2) is 6.56. The standard InChI is InChI=1S/C13H21NO4/c1-8(2)12(7-15)14-6-10-5-11(9(3)18-10)13(16)17-4/h5,8,12,14-15H,6-7H2,1-4H3/t12-/m1/s1. The van der Waals surface area contributed by atoms with Crippen LogP contribution in [0.3, 0.4) is 0 Å². The van der Waals surface area contributed by atoms with E-state index in [4.69, 9.17) is 4.42 Å². The predicted octanol–water partition coefficient (Wildman–Crippen LogP) is 1.48. The molecule has 0 aliphatic heterocycles. The molecule has 0 bridgehead atoms. The van der Waals surface area contributed by atoms with Crippen LogP contribution in [0.1, 0.15) is 35.7 Å². The number of methoxy groups -OCH3 is 1. The van der Waals surface area contributed by atoms with Gasteiger partial charge in [-0.1, -0.05) is 13.8 Å². The molecule has 0 unspecified atom stereocenters. The van der Waals surface area contributed by atoms with Gasteiger partial charge in [-0.3, -0.25) is 0 Å². The summed E-state index contributed by atoms with van der Waals surface area (Å²) in [5.74, 6) is 1.13. The highest BCUT2D eigenvalue weighted by Gasteiger charge is 2.17. The summed E-state index contributed by atoms with van der Waals surface area (Å²) in [6, 6.07) is 1.68. The molecule has 1 rings (SSSR count). The van der Waals surface area contributed by atoms with Crippen molar-refractivity contribution < 1.29 is 19.1 Å². The lowest BCUT2D eigenvalue weighted by molar-refractivity contribution is 0.0599. The van der Waals surface area contributed by atoms with Gasteiger partial charge in [0.15, 0.2) is 0 Å². The first-order valence-electron chi connectivity index (χ1n) is 6.01. The number of aliphatic hydroxyl groups excluding tert-OH is 1. The molecular weight excluding hydrogens is 234 g/mol. The Balaban J connectivity index is 2.66. The summed E-state index contributed by atoms with van der Waals surface area (Å²) < 4.78 is 10.1. The maximum atomic E-state index is 11.4. The molecule has 1 aromatic heterocycles. The van der Waals surface area contributed by atoms with Crippen LogP contribution in [-0.2, 0) is 11.3 Å². The smallest absolute Gasteiger partial charge is 0.341 e. The molecule has 0 aliphatic carbocycles. The van der Waals surface area contributed by atoms with E-state index in [2.05, 4.69) is 10.1 Å². The van der Waals surface area contributed by atoms with E-state index in [1.54, 1.807) is 13.0 Å². The number of ether oxygens (including phenoxy) is 1. The lowest BCUT2D eigenvalue weighted by Crippen LogP contribution is -2.36. The second-order valence-electron chi connectivity index (χ2n) is 4.59. The quantitative estimate of drug-likeness (QED) is 0.753. The summed E-state index contributed by atoms with van der Waals surface area (Å²) >= 11 is 0. The van der Waals surface area contributed by atoms with Gasteiger partial charge in [0.1, 0.15) is 17.1 Å². The second-order valence-corrected chi connectivity index (χ2v) is 4.59. The first-order valence-corrected chi connectivity index (χ1v) is 6.01. The Morgan fingerprint density at radius 3 is 2.72 bits per heavy atom. The van der Waals surface area contributed by atoms with Crippen molar-refractivity contribution in [2.75, 3.05) is 13.7 Å². The van der Waals surface area contributed by atoms with Gasteiger partial charge in [-0.15, -0.1) is 0 Å². The van der Waals surface area contributed by atoms with Crippen LogP contribution in [0.4, 0.5) is 0 Å². The molecule has 5 nitrogen and oxygen atoms in total. The molecule has 0 saturated heterocycles. The van der Waals surface area contributed by atoms with Crippen molar-refractivity contribution in [1.82, 2.24) is 5.32 Å². The largest absolute Gasteiger partial charge is 0.465 e. The van der Waals surface area contributed by atoms with Gasteiger partial charge in [0.25, 0.3) is 0 Å². The van der Waals surface area contributed by atoms with Crippen molar-refractivity contribution in [1.29, 1.82) is 0 Å². The van der Waals surface area contributed by atoms with E-state index in [0.29, 0.717) is 29.5 Å². The van der Waals surface area contributed by atoms with Crippen molar-refractivity contribution >= 4 is 5.97 Å². The minimum absolute atomic E-state index is 0.0111. The lowest BCUT2D eigenvalue weighted by atomic mass is 10.1. The van der Waals surface area contributed by atoms with Gasteiger partial charge in [0.2, 0.25) is 0 Å². The van der Waals surface area contributed by atoms with Crippen LogP contribution in [0.5, 0.6) is 0 Å². The van der Waals surface area contributed by atoms with E-state index < -0.39 is 5.97 Å². The summed E-state index contributed by atoms with van der Waals surface area (Å²) in [6.07, 6.45) is 0. The maximum Gasteiger partial charge on any atom is 0.341 e. The predicted molar refractivity (Wildman–Crippen MR) is 67.3 cm³/mol. The summed E-state index contributed by atoms with van der Waals surface area (Å²) in [6.45, 7) is 6.33. The molecule has 1 aromatic rings. The average Bonchev–Trinajstić information content (AvgIpc) is 2.70. The van der Waals surface area contributed by atoms with Crippen LogP contribution in [-0.4, -0.2) is 30.8 Å². The summed E-state index contributed by atoms with van der Waals surface area (Å²) in [5, 5.41) is 12.4. The first-order chi connectivity index (χ1) is 8.49. The topological polar surface area (TPSA) is 71.7 Å². The number of aryl methyl sites for hydroxylation is 1. The van der Waals surface area contributed by atoms with Crippen molar-refractivity contribution in [3.8, 4) is 0 Å². The fourth-order valence-electron chi connectivity index (χ4n) is 1.69. The van der Waals surface area contributed by atoms with Crippen LogP contribution in [0, 0.1) is 12.8 Å². The number of carbonyl (C=O) groups is 1. The summed E-state index contributed by atoms with van der Waals surface area (Å²) in [5.41, 5.74) is 0.444. The molecule has 1 heterocycles. The van der Waals surface area contributed by atoms with Crippen molar-refractivity contribution in [2.45, 2.75) is 33.4 Å². The molecule has 0 amide bonds. The van der Waals surface area contributed by atoms with Crippen molar-refractivity contribution in [3.63, 3.8) is 0 Å². The number of rotatable bonds is 6. The van der Waals surface area contributed by atoms with Crippen LogP contribution in [0.25, 0.3) is 0 Å². The molecule has 0 aliphatic rings. The molecule has 2 N–H and O–H groups in total. The van der Waals surface area contributed by atoms with Gasteiger partial charge in [0.05, 0.1) is 20.3 Å². The van der Waals surface area contributed by atoms with Crippen LogP contribution < -0.4 is 5.32 Å². The summed E-state index contributed by atoms with van der Waals surface area (Å²) in [7, 11) is 1.34.